The van der Waals surface area contributed by atoms with E-state index in [0.717, 1.165) is 10.9 Å². The molecule has 1 fully saturated rings. The van der Waals surface area contributed by atoms with Crippen LogP contribution in [0.25, 0.3) is 10.9 Å². The van der Waals surface area contributed by atoms with Crippen molar-refractivity contribution in [2.45, 2.75) is 61.0 Å². The Balaban J connectivity index is 1.54. The Morgan fingerprint density at radius 3 is 2.60 bits per heavy atom. The van der Waals surface area contributed by atoms with Crippen molar-refractivity contribution in [3.8, 4) is 0 Å². The number of carbonyl (C=O) groups is 2. The lowest BCUT2D eigenvalue weighted by Gasteiger charge is -2.45. The van der Waals surface area contributed by atoms with E-state index in [4.69, 9.17) is 5.73 Å². The number of amides is 2. The second kappa shape index (κ2) is 10.3. The van der Waals surface area contributed by atoms with Crippen molar-refractivity contribution in [2.24, 2.45) is 5.73 Å². The van der Waals surface area contributed by atoms with Crippen LogP contribution in [0.3, 0.4) is 0 Å². The maximum absolute atomic E-state index is 14.2. The van der Waals surface area contributed by atoms with E-state index in [-0.39, 0.29) is 25.9 Å². The van der Waals surface area contributed by atoms with Gasteiger partial charge in [-0.2, -0.15) is 13.2 Å². The molecular weight excluding hydrogens is 578 g/mol. The zero-order chi connectivity index (χ0) is 30.7. The highest BCUT2D eigenvalue weighted by Crippen LogP contribution is 2.48. The van der Waals surface area contributed by atoms with Crippen LogP contribution in [0.2, 0.25) is 0 Å². The number of H-pyrrole nitrogens is 1. The number of nitrogens with zero attached hydrogens (tertiary/aromatic N) is 1. The standard InChI is InChI=1S/C28H31F4N5O4S/c1-26(2,33)25(39)36-22(11-16-14-34-20-6-4-3-5-18(16)20)24(38)37-10-9-27(13-23(37)42(40,41)28(30,31)32)15-35-21-8-7-17(29)12-19(21)27/h3-8,12,14,22-23,34-35H,9-11,13,15,33H2,1-2H3,(H,36,39)/t22-,23?,27?/m1/s1. The topological polar surface area (TPSA) is 137 Å². The van der Waals surface area contributed by atoms with Crippen LogP contribution in [0, 0.1) is 5.82 Å². The number of likely N-dealkylation sites (tertiary alicyclic amines) is 1. The van der Waals surface area contributed by atoms with Gasteiger partial charge >= 0.3 is 5.51 Å². The third kappa shape index (κ3) is 5.21. The first-order valence-corrected chi connectivity index (χ1v) is 14.9. The Morgan fingerprint density at radius 2 is 1.90 bits per heavy atom. The Morgan fingerprint density at radius 1 is 1.19 bits per heavy atom. The van der Waals surface area contributed by atoms with Crippen molar-refractivity contribution < 1.29 is 35.6 Å². The zero-order valence-electron chi connectivity index (χ0n) is 22.9. The van der Waals surface area contributed by atoms with Crippen LogP contribution >= 0.6 is 0 Å². The molecule has 2 aliphatic heterocycles. The highest BCUT2D eigenvalue weighted by molar-refractivity contribution is 7.92. The molecule has 3 atom stereocenters. The Kier molecular flexibility index (Phi) is 7.29. The maximum Gasteiger partial charge on any atom is 0.499 e. The lowest BCUT2D eigenvalue weighted by atomic mass is 9.74. The Bertz CT molecular complexity index is 1650. The fourth-order valence-electron chi connectivity index (χ4n) is 5.85. The summed E-state index contributed by atoms with van der Waals surface area (Å²) in [4.78, 5) is 30.7. The number of alkyl halides is 3. The fourth-order valence-corrected chi connectivity index (χ4v) is 7.24. The summed E-state index contributed by atoms with van der Waals surface area (Å²) in [6.45, 7) is 2.51. The lowest BCUT2D eigenvalue weighted by molar-refractivity contribution is -0.139. The number of para-hydroxylation sites is 1. The molecule has 42 heavy (non-hydrogen) atoms. The Hall–Kier alpha value is -3.65. The van der Waals surface area contributed by atoms with Crippen LogP contribution in [-0.4, -0.2) is 65.7 Å². The quantitative estimate of drug-likeness (QED) is 0.317. The van der Waals surface area contributed by atoms with Crippen LogP contribution < -0.4 is 16.4 Å². The summed E-state index contributed by atoms with van der Waals surface area (Å²) in [7, 11) is -5.92. The predicted octanol–water partition coefficient (Wildman–Crippen LogP) is 3.32. The summed E-state index contributed by atoms with van der Waals surface area (Å²) < 4.78 is 82.4. The van der Waals surface area contributed by atoms with Crippen LogP contribution in [0.1, 0.15) is 37.8 Å². The van der Waals surface area contributed by atoms with Gasteiger partial charge in [-0.3, -0.25) is 9.59 Å². The van der Waals surface area contributed by atoms with Gasteiger partial charge in [-0.15, -0.1) is 0 Å². The number of carbonyl (C=O) groups excluding carboxylic acids is 2. The zero-order valence-corrected chi connectivity index (χ0v) is 23.7. The molecule has 2 unspecified atom stereocenters. The molecular formula is C28H31F4N5O4S. The van der Waals surface area contributed by atoms with Gasteiger partial charge in [0.15, 0.2) is 0 Å². The average Bonchev–Trinajstić information content (AvgIpc) is 3.48. The number of hydrogen-bond acceptors (Lipinski definition) is 6. The summed E-state index contributed by atoms with van der Waals surface area (Å²) in [5, 5.41) is 4.00. The van der Waals surface area contributed by atoms with Gasteiger partial charge in [-0.25, -0.2) is 12.8 Å². The van der Waals surface area contributed by atoms with Gasteiger partial charge in [0, 0.05) is 47.7 Å². The molecule has 3 aromatic rings. The highest BCUT2D eigenvalue weighted by Gasteiger charge is 2.59. The van der Waals surface area contributed by atoms with Gasteiger partial charge in [0.25, 0.3) is 9.84 Å². The van der Waals surface area contributed by atoms with Crippen LogP contribution in [0.4, 0.5) is 23.2 Å². The molecule has 1 spiro atoms. The molecule has 2 aromatic carbocycles. The molecule has 1 aromatic heterocycles. The number of anilines is 1. The van der Waals surface area contributed by atoms with E-state index < -0.39 is 61.8 Å². The number of piperidine rings is 1. The predicted molar refractivity (Wildman–Crippen MR) is 148 cm³/mol. The van der Waals surface area contributed by atoms with Crippen LogP contribution in [0.15, 0.2) is 48.7 Å². The second-order valence-corrected chi connectivity index (χ2v) is 13.7. The summed E-state index contributed by atoms with van der Waals surface area (Å²) in [5.41, 5.74) is -0.144. The van der Waals surface area contributed by atoms with Crippen molar-refractivity contribution in [2.75, 3.05) is 18.4 Å². The van der Waals surface area contributed by atoms with E-state index >= 15 is 0 Å². The summed E-state index contributed by atoms with van der Waals surface area (Å²) in [6, 6.07) is 9.55. The molecule has 0 aliphatic carbocycles. The van der Waals surface area contributed by atoms with E-state index in [1.165, 1.54) is 32.0 Å². The molecule has 2 aliphatic rings. The number of sulfone groups is 1. The van der Waals surface area contributed by atoms with Crippen LogP contribution in [-0.2, 0) is 31.3 Å². The minimum Gasteiger partial charge on any atom is -0.384 e. The molecule has 1 saturated heterocycles. The highest BCUT2D eigenvalue weighted by atomic mass is 32.2. The van der Waals surface area contributed by atoms with E-state index in [1.807, 2.05) is 0 Å². The van der Waals surface area contributed by atoms with Crippen LogP contribution in [0.5, 0.6) is 0 Å². The number of halogens is 4. The summed E-state index contributed by atoms with van der Waals surface area (Å²) >= 11 is 0. The number of benzene rings is 2. The second-order valence-electron chi connectivity index (χ2n) is 11.6. The monoisotopic (exact) mass is 609 g/mol. The number of aromatic nitrogens is 1. The molecule has 3 heterocycles. The first kappa shape index (κ1) is 29.8. The van der Waals surface area contributed by atoms with Crippen molar-refractivity contribution >= 4 is 38.2 Å². The molecule has 5 rings (SSSR count). The summed E-state index contributed by atoms with van der Waals surface area (Å²) in [6.07, 6.45) is 0.943. The number of rotatable bonds is 6. The van der Waals surface area contributed by atoms with Gasteiger partial charge in [0.1, 0.15) is 17.2 Å². The Labute approximate surface area is 239 Å². The van der Waals surface area contributed by atoms with Gasteiger partial charge in [0.2, 0.25) is 11.8 Å². The van der Waals surface area contributed by atoms with Gasteiger partial charge < -0.3 is 26.3 Å². The van der Waals surface area contributed by atoms with Gasteiger partial charge in [-0.1, -0.05) is 18.2 Å². The van der Waals surface area contributed by atoms with E-state index in [1.54, 1.807) is 30.5 Å². The van der Waals surface area contributed by atoms with E-state index in [0.29, 0.717) is 21.7 Å². The third-order valence-electron chi connectivity index (χ3n) is 8.17. The lowest BCUT2D eigenvalue weighted by Crippen LogP contribution is -2.62. The van der Waals surface area contributed by atoms with Crippen molar-refractivity contribution in [3.05, 3.63) is 65.6 Å². The molecule has 5 N–H and O–H groups in total. The smallest absolute Gasteiger partial charge is 0.384 e. The average molecular weight is 610 g/mol. The molecule has 14 heteroatoms. The van der Waals surface area contributed by atoms with Crippen molar-refractivity contribution in [1.82, 2.24) is 15.2 Å². The van der Waals surface area contributed by atoms with E-state index in [9.17, 15) is 35.6 Å². The molecule has 2 amide bonds. The van der Waals surface area contributed by atoms with E-state index in [2.05, 4.69) is 15.6 Å². The van der Waals surface area contributed by atoms with Crippen molar-refractivity contribution in [3.63, 3.8) is 0 Å². The number of fused-ring (bicyclic) bond motifs is 3. The maximum atomic E-state index is 14.2. The molecule has 0 bridgehead atoms. The molecule has 0 radical (unpaired) electrons. The molecule has 0 saturated carbocycles. The minimum atomic E-state index is -5.92. The van der Waals surface area contributed by atoms with Gasteiger partial charge in [-0.05, 0) is 62.1 Å². The number of nitrogens with one attached hydrogen (secondary N) is 3. The molecule has 226 valence electrons. The number of aromatic amines is 1. The number of hydrogen-bond donors (Lipinski definition) is 4. The minimum absolute atomic E-state index is 0.0716. The third-order valence-corrected chi connectivity index (χ3v) is 9.95. The largest absolute Gasteiger partial charge is 0.499 e. The fraction of sp³-hybridized carbons (Fsp3) is 0.429. The molecule has 9 nitrogen and oxygen atoms in total. The normalized spacial score (nSPS) is 21.7. The van der Waals surface area contributed by atoms with Crippen molar-refractivity contribution in [1.29, 1.82) is 0 Å². The first-order valence-electron chi connectivity index (χ1n) is 13.3. The summed E-state index contributed by atoms with van der Waals surface area (Å²) in [5.74, 6) is -2.35. The SMILES string of the molecule is CC(C)(N)C(=O)N[C@H](Cc1c[nH]c2ccccc12)C(=O)N1CCC2(CNc3ccc(F)cc32)CC1S(=O)(=O)C(F)(F)F. The van der Waals surface area contributed by atoms with Gasteiger partial charge in [0.05, 0.1) is 5.54 Å². The number of nitrogens with two attached hydrogens (primary N) is 1. The first-order chi connectivity index (χ1) is 19.5.